The maximum Gasteiger partial charge on any atom is 0.222 e. The lowest BCUT2D eigenvalue weighted by molar-refractivity contribution is 0.243. The quantitative estimate of drug-likeness (QED) is 0.775. The summed E-state index contributed by atoms with van der Waals surface area (Å²) in [5, 5.41) is 4.99. The van der Waals surface area contributed by atoms with Gasteiger partial charge in [0.1, 0.15) is 0 Å². The van der Waals surface area contributed by atoms with Gasteiger partial charge in [0.25, 0.3) is 0 Å². The summed E-state index contributed by atoms with van der Waals surface area (Å²) in [7, 11) is 1.82. The van der Waals surface area contributed by atoms with Crippen LogP contribution in [0.15, 0.2) is 30.6 Å². The maximum absolute atomic E-state index is 6.14. The lowest BCUT2D eigenvalue weighted by Gasteiger charge is -2.26. The Kier molecular flexibility index (Phi) is 3.67. The minimum Gasteiger partial charge on any atom is -0.357 e. The molecule has 118 valence electrons. The Morgan fingerprint density at radius 3 is 2.91 bits per heavy atom. The summed E-state index contributed by atoms with van der Waals surface area (Å²) in [6, 6.07) is 6.06. The summed E-state index contributed by atoms with van der Waals surface area (Å²) < 4.78 is 0. The summed E-state index contributed by atoms with van der Waals surface area (Å²) >= 11 is 6.14. The molecule has 1 aliphatic heterocycles. The summed E-state index contributed by atoms with van der Waals surface area (Å²) in [4.78, 5) is 14.5. The zero-order valence-electron chi connectivity index (χ0n) is 12.9. The molecular formula is C17H18ClN5. The zero-order valence-corrected chi connectivity index (χ0v) is 13.7. The lowest BCUT2D eigenvalue weighted by Crippen LogP contribution is -2.30. The highest BCUT2D eigenvalue weighted by Crippen LogP contribution is 2.30. The van der Waals surface area contributed by atoms with Gasteiger partial charge in [-0.1, -0.05) is 11.6 Å². The molecule has 1 aliphatic rings. The van der Waals surface area contributed by atoms with Crippen LogP contribution in [0.1, 0.15) is 16.8 Å². The minimum atomic E-state index is 0.655. The van der Waals surface area contributed by atoms with Gasteiger partial charge in [0.05, 0.1) is 0 Å². The van der Waals surface area contributed by atoms with E-state index < -0.39 is 0 Å². The SMILES string of the molecule is CNc1ncc(CN2CCc3c([nH]c4ccc(Cl)cc34)C2)cn1. The molecule has 0 saturated carbocycles. The van der Waals surface area contributed by atoms with E-state index in [1.807, 2.05) is 25.5 Å². The monoisotopic (exact) mass is 327 g/mol. The van der Waals surface area contributed by atoms with E-state index in [-0.39, 0.29) is 0 Å². The molecule has 5 nitrogen and oxygen atoms in total. The molecule has 1 aromatic carbocycles. The predicted octanol–water partition coefficient (Wildman–Crippen LogP) is 3.21. The van der Waals surface area contributed by atoms with Gasteiger partial charge >= 0.3 is 0 Å². The number of fused-ring (bicyclic) bond motifs is 3. The standard InChI is InChI=1S/C17H18ClN5/c1-19-17-20-7-11(8-21-17)9-23-5-4-13-14-6-12(18)2-3-15(14)22-16(13)10-23/h2-3,6-8,22H,4-5,9-10H2,1H3,(H,19,20,21). The molecule has 3 aromatic rings. The van der Waals surface area contributed by atoms with E-state index in [0.29, 0.717) is 5.95 Å². The zero-order chi connectivity index (χ0) is 15.8. The Balaban J connectivity index is 1.55. The summed E-state index contributed by atoms with van der Waals surface area (Å²) in [5.41, 5.74) is 5.00. The molecule has 0 amide bonds. The van der Waals surface area contributed by atoms with Crippen LogP contribution in [0, 0.1) is 0 Å². The summed E-state index contributed by atoms with van der Waals surface area (Å²) in [6.07, 6.45) is 4.81. The highest BCUT2D eigenvalue weighted by atomic mass is 35.5. The van der Waals surface area contributed by atoms with E-state index in [1.54, 1.807) is 0 Å². The van der Waals surface area contributed by atoms with Crippen molar-refractivity contribution in [3.8, 4) is 0 Å². The van der Waals surface area contributed by atoms with Crippen molar-refractivity contribution >= 4 is 28.5 Å². The van der Waals surface area contributed by atoms with Crippen LogP contribution in [0.2, 0.25) is 5.02 Å². The Labute approximate surface area is 139 Å². The minimum absolute atomic E-state index is 0.655. The molecular weight excluding hydrogens is 310 g/mol. The number of anilines is 1. The smallest absolute Gasteiger partial charge is 0.222 e. The number of H-pyrrole nitrogens is 1. The fraction of sp³-hybridized carbons (Fsp3) is 0.294. The normalized spacial score (nSPS) is 14.9. The molecule has 4 rings (SSSR count). The third-order valence-corrected chi connectivity index (χ3v) is 4.59. The number of aromatic nitrogens is 3. The van der Waals surface area contributed by atoms with Crippen LogP contribution in [0.3, 0.4) is 0 Å². The first kappa shape index (κ1) is 14.5. The number of nitrogens with zero attached hydrogens (tertiary/aromatic N) is 3. The first-order chi connectivity index (χ1) is 11.2. The third kappa shape index (κ3) is 2.78. The van der Waals surface area contributed by atoms with Crippen molar-refractivity contribution in [2.75, 3.05) is 18.9 Å². The van der Waals surface area contributed by atoms with Crippen molar-refractivity contribution in [1.82, 2.24) is 19.9 Å². The summed E-state index contributed by atoms with van der Waals surface area (Å²) in [5.74, 6) is 0.655. The Morgan fingerprint density at radius 2 is 2.13 bits per heavy atom. The molecule has 0 unspecified atom stereocenters. The van der Waals surface area contributed by atoms with Crippen molar-refractivity contribution in [2.45, 2.75) is 19.5 Å². The van der Waals surface area contributed by atoms with E-state index >= 15 is 0 Å². The topological polar surface area (TPSA) is 56.8 Å². The van der Waals surface area contributed by atoms with Crippen LogP contribution in [0.5, 0.6) is 0 Å². The largest absolute Gasteiger partial charge is 0.357 e. The van der Waals surface area contributed by atoms with Crippen LogP contribution in [0.4, 0.5) is 5.95 Å². The van der Waals surface area contributed by atoms with Crippen LogP contribution in [-0.2, 0) is 19.5 Å². The molecule has 0 radical (unpaired) electrons. The van der Waals surface area contributed by atoms with Crippen molar-refractivity contribution in [3.63, 3.8) is 0 Å². The molecule has 3 heterocycles. The van der Waals surface area contributed by atoms with Gasteiger partial charge in [-0.25, -0.2) is 9.97 Å². The Bertz CT molecular complexity index is 840. The van der Waals surface area contributed by atoms with Crippen LogP contribution >= 0.6 is 11.6 Å². The van der Waals surface area contributed by atoms with Gasteiger partial charge in [0.2, 0.25) is 5.95 Å². The van der Waals surface area contributed by atoms with E-state index in [1.165, 1.54) is 22.2 Å². The van der Waals surface area contributed by atoms with E-state index in [9.17, 15) is 0 Å². The molecule has 23 heavy (non-hydrogen) atoms. The van der Waals surface area contributed by atoms with Crippen LogP contribution in [0.25, 0.3) is 10.9 Å². The number of hydrogen-bond donors (Lipinski definition) is 2. The average Bonchev–Trinajstić information content (AvgIpc) is 2.92. The molecule has 2 aromatic heterocycles. The molecule has 0 saturated heterocycles. The first-order valence-corrected chi connectivity index (χ1v) is 8.11. The molecule has 0 aliphatic carbocycles. The lowest BCUT2D eigenvalue weighted by atomic mass is 10.0. The number of hydrogen-bond acceptors (Lipinski definition) is 4. The Hall–Kier alpha value is -2.11. The molecule has 2 N–H and O–H groups in total. The maximum atomic E-state index is 6.14. The van der Waals surface area contributed by atoms with Gasteiger partial charge in [0.15, 0.2) is 0 Å². The van der Waals surface area contributed by atoms with Crippen molar-refractivity contribution < 1.29 is 0 Å². The van der Waals surface area contributed by atoms with Gasteiger partial charge < -0.3 is 10.3 Å². The second-order valence-corrected chi connectivity index (χ2v) is 6.33. The van der Waals surface area contributed by atoms with Crippen molar-refractivity contribution in [1.29, 1.82) is 0 Å². The molecule has 6 heteroatoms. The van der Waals surface area contributed by atoms with Gasteiger partial charge in [-0.2, -0.15) is 0 Å². The fourth-order valence-electron chi connectivity index (χ4n) is 3.23. The second-order valence-electron chi connectivity index (χ2n) is 5.90. The average molecular weight is 328 g/mol. The number of aromatic amines is 1. The van der Waals surface area contributed by atoms with Gasteiger partial charge in [-0.05, 0) is 30.2 Å². The first-order valence-electron chi connectivity index (χ1n) is 7.73. The molecule has 0 bridgehead atoms. The van der Waals surface area contributed by atoms with Crippen LogP contribution in [-0.4, -0.2) is 33.4 Å². The molecule has 0 fully saturated rings. The van der Waals surface area contributed by atoms with Gasteiger partial charge in [0, 0.05) is 66.3 Å². The number of rotatable bonds is 3. The van der Waals surface area contributed by atoms with E-state index in [0.717, 1.165) is 36.6 Å². The fourth-order valence-corrected chi connectivity index (χ4v) is 3.40. The molecule has 0 atom stereocenters. The second kappa shape index (κ2) is 5.83. The third-order valence-electron chi connectivity index (χ3n) is 4.35. The Morgan fingerprint density at radius 1 is 1.30 bits per heavy atom. The van der Waals surface area contributed by atoms with E-state index in [2.05, 4.69) is 37.3 Å². The van der Waals surface area contributed by atoms with Crippen LogP contribution < -0.4 is 5.32 Å². The molecule has 0 spiro atoms. The van der Waals surface area contributed by atoms with Gasteiger partial charge in [-0.15, -0.1) is 0 Å². The number of nitrogens with one attached hydrogen (secondary N) is 2. The highest BCUT2D eigenvalue weighted by Gasteiger charge is 2.20. The van der Waals surface area contributed by atoms with Gasteiger partial charge in [-0.3, -0.25) is 4.90 Å². The summed E-state index contributed by atoms with van der Waals surface area (Å²) in [6.45, 7) is 2.80. The number of benzene rings is 1. The van der Waals surface area contributed by atoms with E-state index in [4.69, 9.17) is 11.6 Å². The highest BCUT2D eigenvalue weighted by molar-refractivity contribution is 6.31. The predicted molar refractivity (Wildman–Crippen MR) is 92.7 cm³/mol. The number of halogens is 1. The van der Waals surface area contributed by atoms with Crippen molar-refractivity contribution in [3.05, 3.63) is 52.4 Å². The van der Waals surface area contributed by atoms with Crippen molar-refractivity contribution in [2.24, 2.45) is 0 Å².